The molecule has 1 aliphatic rings. The van der Waals surface area contributed by atoms with Gasteiger partial charge >= 0.3 is 0 Å². The fourth-order valence-corrected chi connectivity index (χ4v) is 4.80. The average Bonchev–Trinajstić information content (AvgIpc) is 3.10. The van der Waals surface area contributed by atoms with Crippen molar-refractivity contribution in [2.24, 2.45) is 5.10 Å². The zero-order valence-corrected chi connectivity index (χ0v) is 22.6. The SMILES string of the molecule is C=CCN1C(=O)C(CC(=O)Nc2ccc(Br)cc2)S/C1=N/NC(=O)COc1cc(Cl)c(Cl)cc1Cl. The predicted molar refractivity (Wildman–Crippen MR) is 143 cm³/mol. The number of nitrogens with zero attached hydrogens (tertiary/aromatic N) is 2. The molecule has 8 nitrogen and oxygen atoms in total. The topological polar surface area (TPSA) is 100 Å². The maximum Gasteiger partial charge on any atom is 0.278 e. The molecule has 1 saturated heterocycles. The minimum absolute atomic E-state index is 0.0703. The molecule has 2 N–H and O–H groups in total. The lowest BCUT2D eigenvalue weighted by molar-refractivity contribution is -0.128. The Hall–Kier alpha value is -2.24. The van der Waals surface area contributed by atoms with Crippen molar-refractivity contribution >= 4 is 91.1 Å². The van der Waals surface area contributed by atoms with E-state index in [-0.39, 0.29) is 50.8 Å². The van der Waals surface area contributed by atoms with Gasteiger partial charge in [0.1, 0.15) is 11.0 Å². The van der Waals surface area contributed by atoms with Gasteiger partial charge in [0.25, 0.3) is 5.91 Å². The Bertz CT molecular complexity index is 1180. The number of hydrogen-bond donors (Lipinski definition) is 2. The number of hydrazone groups is 1. The first-order valence-corrected chi connectivity index (χ1v) is 12.8. The molecule has 0 aromatic heterocycles. The van der Waals surface area contributed by atoms with Crippen LogP contribution in [0, 0.1) is 0 Å². The van der Waals surface area contributed by atoms with E-state index in [1.165, 1.54) is 23.1 Å². The summed E-state index contributed by atoms with van der Waals surface area (Å²) in [6.45, 7) is 3.40. The summed E-state index contributed by atoms with van der Waals surface area (Å²) < 4.78 is 6.25. The minimum Gasteiger partial charge on any atom is -0.482 e. The van der Waals surface area contributed by atoms with Crippen molar-refractivity contribution in [1.82, 2.24) is 10.3 Å². The number of anilines is 1. The van der Waals surface area contributed by atoms with Gasteiger partial charge in [-0.2, -0.15) is 0 Å². The number of halogens is 4. The molecule has 0 aliphatic carbocycles. The maximum atomic E-state index is 12.8. The molecule has 1 atom stereocenters. The first kappa shape index (κ1) is 27.3. The van der Waals surface area contributed by atoms with E-state index in [1.54, 1.807) is 24.3 Å². The first-order chi connectivity index (χ1) is 16.7. The second kappa shape index (κ2) is 12.6. The number of amides is 3. The summed E-state index contributed by atoms with van der Waals surface area (Å²) in [5.41, 5.74) is 2.95. The number of nitrogens with one attached hydrogen (secondary N) is 2. The molecule has 13 heteroatoms. The van der Waals surface area contributed by atoms with Crippen molar-refractivity contribution in [3.05, 3.63) is 68.6 Å². The number of amidine groups is 1. The molecule has 0 bridgehead atoms. The van der Waals surface area contributed by atoms with Crippen LogP contribution >= 0.6 is 62.5 Å². The van der Waals surface area contributed by atoms with Crippen LogP contribution in [-0.4, -0.2) is 46.2 Å². The largest absolute Gasteiger partial charge is 0.482 e. The molecule has 184 valence electrons. The summed E-state index contributed by atoms with van der Waals surface area (Å²) in [5, 5.41) is 6.99. The maximum absolute atomic E-state index is 12.8. The fraction of sp³-hybridized carbons (Fsp3) is 0.182. The lowest BCUT2D eigenvalue weighted by Crippen LogP contribution is -2.35. The van der Waals surface area contributed by atoms with Gasteiger partial charge in [-0.1, -0.05) is 68.6 Å². The van der Waals surface area contributed by atoms with Crippen LogP contribution in [0.3, 0.4) is 0 Å². The van der Waals surface area contributed by atoms with Crippen LogP contribution < -0.4 is 15.5 Å². The lowest BCUT2D eigenvalue weighted by atomic mass is 10.2. The van der Waals surface area contributed by atoms with E-state index >= 15 is 0 Å². The van der Waals surface area contributed by atoms with Crippen LogP contribution in [0.2, 0.25) is 15.1 Å². The molecule has 35 heavy (non-hydrogen) atoms. The third kappa shape index (κ3) is 7.62. The summed E-state index contributed by atoms with van der Waals surface area (Å²) in [5.74, 6) is -1.05. The number of hydrogen-bond acceptors (Lipinski definition) is 6. The predicted octanol–water partition coefficient (Wildman–Crippen LogP) is 5.33. The second-order valence-electron chi connectivity index (χ2n) is 7.02. The van der Waals surface area contributed by atoms with Crippen molar-refractivity contribution in [3.8, 4) is 5.75 Å². The van der Waals surface area contributed by atoms with Gasteiger partial charge in [0.05, 0.1) is 15.1 Å². The van der Waals surface area contributed by atoms with Gasteiger partial charge in [-0.05, 0) is 30.3 Å². The number of rotatable bonds is 9. The monoisotopic (exact) mass is 618 g/mol. The van der Waals surface area contributed by atoms with E-state index in [2.05, 4.69) is 38.4 Å². The van der Waals surface area contributed by atoms with Crippen LogP contribution in [0.5, 0.6) is 5.75 Å². The molecule has 0 saturated carbocycles. The third-order valence-electron chi connectivity index (χ3n) is 4.44. The number of carbonyl (C=O) groups excluding carboxylic acids is 3. The smallest absolute Gasteiger partial charge is 0.278 e. The van der Waals surface area contributed by atoms with Crippen molar-refractivity contribution in [1.29, 1.82) is 0 Å². The quantitative estimate of drug-likeness (QED) is 0.224. The van der Waals surface area contributed by atoms with E-state index in [0.717, 1.165) is 16.2 Å². The van der Waals surface area contributed by atoms with E-state index in [9.17, 15) is 14.4 Å². The molecule has 0 spiro atoms. The van der Waals surface area contributed by atoms with Gasteiger partial charge < -0.3 is 10.1 Å². The Morgan fingerprint density at radius 3 is 2.51 bits per heavy atom. The third-order valence-corrected chi connectivity index (χ3v) is 7.16. The molecule has 1 heterocycles. The molecule has 2 aromatic carbocycles. The lowest BCUT2D eigenvalue weighted by Gasteiger charge is -2.14. The van der Waals surface area contributed by atoms with Gasteiger partial charge in [-0.25, -0.2) is 5.43 Å². The van der Waals surface area contributed by atoms with Crippen molar-refractivity contribution < 1.29 is 19.1 Å². The molecule has 3 rings (SSSR count). The molecule has 1 unspecified atom stereocenters. The van der Waals surface area contributed by atoms with E-state index in [4.69, 9.17) is 39.5 Å². The second-order valence-corrected chi connectivity index (χ2v) is 10.3. The fourth-order valence-electron chi connectivity index (χ4n) is 2.84. The molecule has 2 aromatic rings. The number of carbonyl (C=O) groups is 3. The minimum atomic E-state index is -0.702. The van der Waals surface area contributed by atoms with Crippen molar-refractivity contribution in [2.45, 2.75) is 11.7 Å². The Balaban J connectivity index is 1.59. The summed E-state index contributed by atoms with van der Waals surface area (Å²) in [6.07, 6.45) is 1.45. The standard InChI is InChI=1S/C22H18BrCl3N4O4S/c1-2-7-30-21(33)18(10-19(31)27-13-5-3-12(23)4-6-13)35-22(30)29-28-20(32)11-34-17-9-15(25)14(24)8-16(17)26/h2-6,8-9,18H,1,7,10-11H2,(H,27,31)(H,28,32)/b29-22+. The van der Waals surface area contributed by atoms with Crippen LogP contribution in [0.1, 0.15) is 6.42 Å². The van der Waals surface area contributed by atoms with Gasteiger partial charge in [0.15, 0.2) is 11.8 Å². The molecule has 0 radical (unpaired) electrons. The summed E-state index contributed by atoms with van der Waals surface area (Å²) in [4.78, 5) is 38.8. The molecule has 3 amide bonds. The van der Waals surface area contributed by atoms with Gasteiger partial charge in [0.2, 0.25) is 11.8 Å². The molecular formula is C22H18BrCl3N4O4S. The number of benzene rings is 2. The molecular weight excluding hydrogens is 603 g/mol. The van der Waals surface area contributed by atoms with Gasteiger partial charge in [0, 0.05) is 29.2 Å². The Labute approximate surface area is 229 Å². The molecule has 1 fully saturated rings. The summed E-state index contributed by atoms with van der Waals surface area (Å²) >= 11 is 22.2. The van der Waals surface area contributed by atoms with Crippen LogP contribution in [0.15, 0.2) is 58.6 Å². The van der Waals surface area contributed by atoms with Gasteiger partial charge in [-0.3, -0.25) is 19.3 Å². The van der Waals surface area contributed by atoms with E-state index in [0.29, 0.717) is 5.69 Å². The number of ether oxygens (including phenoxy) is 1. The zero-order valence-electron chi connectivity index (χ0n) is 17.9. The Morgan fingerprint density at radius 2 is 1.83 bits per heavy atom. The van der Waals surface area contributed by atoms with E-state index in [1.807, 2.05) is 0 Å². The normalized spacial score (nSPS) is 16.3. The van der Waals surface area contributed by atoms with Crippen molar-refractivity contribution in [2.75, 3.05) is 18.5 Å². The number of thioether (sulfide) groups is 1. The molecule has 1 aliphatic heterocycles. The Kier molecular flexibility index (Phi) is 9.88. The van der Waals surface area contributed by atoms with Gasteiger partial charge in [-0.15, -0.1) is 11.7 Å². The van der Waals surface area contributed by atoms with Crippen LogP contribution in [-0.2, 0) is 14.4 Å². The zero-order chi connectivity index (χ0) is 25.5. The first-order valence-electron chi connectivity index (χ1n) is 9.96. The van der Waals surface area contributed by atoms with Crippen molar-refractivity contribution in [3.63, 3.8) is 0 Å². The van der Waals surface area contributed by atoms with Crippen LogP contribution in [0.4, 0.5) is 5.69 Å². The average molecular weight is 621 g/mol. The van der Waals surface area contributed by atoms with E-state index < -0.39 is 17.8 Å². The highest BCUT2D eigenvalue weighted by atomic mass is 79.9. The highest BCUT2D eigenvalue weighted by Crippen LogP contribution is 2.34. The summed E-state index contributed by atoms with van der Waals surface area (Å²) in [7, 11) is 0. The Morgan fingerprint density at radius 1 is 1.14 bits per heavy atom. The highest BCUT2D eigenvalue weighted by molar-refractivity contribution is 9.10. The highest BCUT2D eigenvalue weighted by Gasteiger charge is 2.38. The summed E-state index contributed by atoms with van der Waals surface area (Å²) in [6, 6.07) is 9.87. The van der Waals surface area contributed by atoms with Crippen LogP contribution in [0.25, 0.3) is 0 Å².